The van der Waals surface area contributed by atoms with Gasteiger partial charge in [0.2, 0.25) is 0 Å². The van der Waals surface area contributed by atoms with E-state index >= 15 is 0 Å². The highest BCUT2D eigenvalue weighted by atomic mass is 16.5. The summed E-state index contributed by atoms with van der Waals surface area (Å²) in [5, 5.41) is 9.25. The lowest BCUT2D eigenvalue weighted by Crippen LogP contribution is -2.32. The van der Waals surface area contributed by atoms with Gasteiger partial charge < -0.3 is 9.84 Å². The van der Waals surface area contributed by atoms with Gasteiger partial charge in [-0.25, -0.2) is 0 Å². The number of aliphatic hydroxyl groups is 1. The van der Waals surface area contributed by atoms with Crippen molar-refractivity contribution in [3.8, 4) is 0 Å². The molecule has 1 atom stereocenters. The summed E-state index contributed by atoms with van der Waals surface area (Å²) < 4.78 is 4.73. The Morgan fingerprint density at radius 2 is 1.75 bits per heavy atom. The molecule has 0 bridgehead atoms. The topological polar surface area (TPSA) is 46.5 Å². The number of rotatable bonds is 4. The van der Waals surface area contributed by atoms with Crippen molar-refractivity contribution in [3.63, 3.8) is 0 Å². The van der Waals surface area contributed by atoms with E-state index in [2.05, 4.69) is 13.8 Å². The molecular formula is C13H24O3. The third-order valence-corrected chi connectivity index (χ3v) is 4.03. The van der Waals surface area contributed by atoms with E-state index in [1.165, 1.54) is 20.0 Å². The van der Waals surface area contributed by atoms with Crippen LogP contribution in [0.15, 0.2) is 0 Å². The first kappa shape index (κ1) is 13.5. The maximum absolute atomic E-state index is 11.5. The summed E-state index contributed by atoms with van der Waals surface area (Å²) in [6, 6.07) is 0. The van der Waals surface area contributed by atoms with Gasteiger partial charge in [0.25, 0.3) is 0 Å². The predicted molar refractivity (Wildman–Crippen MR) is 62.9 cm³/mol. The van der Waals surface area contributed by atoms with Crippen LogP contribution >= 0.6 is 0 Å². The van der Waals surface area contributed by atoms with Gasteiger partial charge >= 0.3 is 5.97 Å². The second-order valence-corrected chi connectivity index (χ2v) is 5.23. The van der Waals surface area contributed by atoms with Crippen LogP contribution in [0.5, 0.6) is 0 Å². The lowest BCUT2D eigenvalue weighted by molar-refractivity contribution is -0.149. The number of carbonyl (C=O) groups is 1. The summed E-state index contributed by atoms with van der Waals surface area (Å²) in [6.45, 7) is 4.44. The third-order valence-electron chi connectivity index (χ3n) is 4.03. The van der Waals surface area contributed by atoms with Gasteiger partial charge in [-0.3, -0.25) is 4.79 Å². The van der Waals surface area contributed by atoms with Gasteiger partial charge in [0, 0.05) is 0 Å². The van der Waals surface area contributed by atoms with E-state index in [1.807, 2.05) is 0 Å². The van der Waals surface area contributed by atoms with Gasteiger partial charge in [0.1, 0.15) is 0 Å². The van der Waals surface area contributed by atoms with Crippen molar-refractivity contribution in [2.24, 2.45) is 23.7 Å². The van der Waals surface area contributed by atoms with Crippen molar-refractivity contribution < 1.29 is 14.6 Å². The molecule has 1 aliphatic rings. The lowest BCUT2D eigenvalue weighted by atomic mass is 9.73. The number of carbonyl (C=O) groups excluding carboxylic acids is 1. The Balaban J connectivity index is 2.48. The van der Waals surface area contributed by atoms with Gasteiger partial charge in [0.05, 0.1) is 19.6 Å². The van der Waals surface area contributed by atoms with Crippen molar-refractivity contribution in [2.45, 2.75) is 39.5 Å². The van der Waals surface area contributed by atoms with Gasteiger partial charge in [-0.15, -0.1) is 0 Å². The minimum absolute atomic E-state index is 0.0797. The molecule has 0 amide bonds. The lowest BCUT2D eigenvalue weighted by Gasteiger charge is -2.33. The first-order valence-electron chi connectivity index (χ1n) is 6.28. The molecule has 1 aliphatic carbocycles. The first-order valence-corrected chi connectivity index (χ1v) is 6.28. The monoisotopic (exact) mass is 228 g/mol. The number of hydrogen-bond donors (Lipinski definition) is 1. The Labute approximate surface area is 98.2 Å². The van der Waals surface area contributed by atoms with Crippen LogP contribution in [-0.4, -0.2) is 24.8 Å². The molecule has 0 saturated heterocycles. The van der Waals surface area contributed by atoms with Crippen molar-refractivity contribution in [1.82, 2.24) is 0 Å². The van der Waals surface area contributed by atoms with Crippen LogP contribution in [0.25, 0.3) is 0 Å². The van der Waals surface area contributed by atoms with Crippen molar-refractivity contribution in [2.75, 3.05) is 13.7 Å². The molecule has 0 heterocycles. The molecule has 0 aromatic heterocycles. The predicted octanol–water partition coefficient (Wildman–Crippen LogP) is 2.23. The molecule has 0 radical (unpaired) electrons. The maximum atomic E-state index is 11.5. The second-order valence-electron chi connectivity index (χ2n) is 5.23. The summed E-state index contributed by atoms with van der Waals surface area (Å²) >= 11 is 0. The van der Waals surface area contributed by atoms with Crippen LogP contribution in [-0.2, 0) is 9.53 Å². The average molecular weight is 228 g/mol. The van der Waals surface area contributed by atoms with Crippen LogP contribution in [0.1, 0.15) is 39.5 Å². The Hall–Kier alpha value is -0.570. The van der Waals surface area contributed by atoms with Gasteiger partial charge in [-0.2, -0.15) is 0 Å². The minimum Gasteiger partial charge on any atom is -0.469 e. The van der Waals surface area contributed by atoms with Crippen molar-refractivity contribution in [1.29, 1.82) is 0 Å². The van der Waals surface area contributed by atoms with Crippen LogP contribution in [0.2, 0.25) is 0 Å². The van der Waals surface area contributed by atoms with Crippen molar-refractivity contribution >= 4 is 5.97 Å². The Morgan fingerprint density at radius 3 is 2.12 bits per heavy atom. The molecule has 94 valence electrons. The zero-order chi connectivity index (χ0) is 12.1. The molecule has 3 heteroatoms. The summed E-state index contributed by atoms with van der Waals surface area (Å²) in [5.74, 6) is 1.26. The smallest absolute Gasteiger partial charge is 0.311 e. The second kappa shape index (κ2) is 6.24. The standard InChI is InChI=1S/C13H24O3/c1-9(2)10-4-6-11(7-5-10)12(8-14)13(15)16-3/h9-12,14H,4-8H2,1-3H3. The number of hydrogen-bond acceptors (Lipinski definition) is 3. The molecule has 0 aromatic carbocycles. The van der Waals surface area contributed by atoms with E-state index in [0.29, 0.717) is 5.92 Å². The quantitative estimate of drug-likeness (QED) is 0.751. The fourth-order valence-corrected chi connectivity index (χ4v) is 2.78. The molecule has 1 fully saturated rings. The summed E-state index contributed by atoms with van der Waals surface area (Å²) in [6.07, 6.45) is 4.44. The molecule has 1 rings (SSSR count). The number of aliphatic hydroxyl groups excluding tert-OH is 1. The molecule has 3 nitrogen and oxygen atoms in total. The molecule has 1 N–H and O–H groups in total. The van der Waals surface area contributed by atoms with Crippen LogP contribution in [0.3, 0.4) is 0 Å². The highest BCUT2D eigenvalue weighted by Gasteiger charge is 2.32. The largest absolute Gasteiger partial charge is 0.469 e. The minimum atomic E-state index is -0.307. The number of esters is 1. The van der Waals surface area contributed by atoms with Gasteiger partial charge in [0.15, 0.2) is 0 Å². The van der Waals surface area contributed by atoms with Crippen LogP contribution in [0.4, 0.5) is 0 Å². The summed E-state index contributed by atoms with van der Waals surface area (Å²) in [4.78, 5) is 11.5. The van der Waals surface area contributed by atoms with E-state index in [9.17, 15) is 9.90 Å². The molecule has 1 unspecified atom stereocenters. The SMILES string of the molecule is COC(=O)C(CO)C1CCC(C(C)C)CC1. The molecule has 0 spiro atoms. The zero-order valence-electron chi connectivity index (χ0n) is 10.6. The van der Waals surface area contributed by atoms with E-state index in [-0.39, 0.29) is 18.5 Å². The normalized spacial score (nSPS) is 27.8. The Kier molecular flexibility index (Phi) is 5.26. The fraction of sp³-hybridized carbons (Fsp3) is 0.923. The maximum Gasteiger partial charge on any atom is 0.311 e. The average Bonchev–Trinajstić information content (AvgIpc) is 2.30. The molecule has 0 aromatic rings. The fourth-order valence-electron chi connectivity index (χ4n) is 2.78. The molecule has 16 heavy (non-hydrogen) atoms. The number of methoxy groups -OCH3 is 1. The van der Waals surface area contributed by atoms with E-state index in [4.69, 9.17) is 4.74 Å². The molecule has 0 aliphatic heterocycles. The van der Waals surface area contributed by atoms with Gasteiger partial charge in [-0.05, 0) is 43.4 Å². The summed E-state index contributed by atoms with van der Waals surface area (Å²) in [7, 11) is 1.39. The zero-order valence-corrected chi connectivity index (χ0v) is 10.6. The van der Waals surface area contributed by atoms with E-state index in [1.54, 1.807) is 0 Å². The van der Waals surface area contributed by atoms with Crippen LogP contribution in [0, 0.1) is 23.7 Å². The van der Waals surface area contributed by atoms with E-state index in [0.717, 1.165) is 24.7 Å². The van der Waals surface area contributed by atoms with Crippen LogP contribution < -0.4 is 0 Å². The molecular weight excluding hydrogens is 204 g/mol. The first-order chi connectivity index (χ1) is 7.60. The summed E-state index contributed by atoms with van der Waals surface area (Å²) in [5.41, 5.74) is 0. The number of ether oxygens (including phenoxy) is 1. The van der Waals surface area contributed by atoms with E-state index < -0.39 is 0 Å². The highest BCUT2D eigenvalue weighted by Crippen LogP contribution is 2.36. The molecule has 1 saturated carbocycles. The third kappa shape index (κ3) is 3.21. The van der Waals surface area contributed by atoms with Gasteiger partial charge in [-0.1, -0.05) is 13.8 Å². The Morgan fingerprint density at radius 1 is 1.25 bits per heavy atom. The Bertz CT molecular complexity index is 217. The highest BCUT2D eigenvalue weighted by molar-refractivity contribution is 5.72. The van der Waals surface area contributed by atoms with Crippen molar-refractivity contribution in [3.05, 3.63) is 0 Å².